The summed E-state index contributed by atoms with van der Waals surface area (Å²) in [6.45, 7) is 5.57. The molecule has 0 bridgehead atoms. The van der Waals surface area contributed by atoms with Gasteiger partial charge in [-0.25, -0.2) is 4.79 Å². The number of hydrogen-bond donors (Lipinski definition) is 3. The number of alkyl carbamates (subject to hydrolysis) is 1. The minimum atomic E-state index is -0.480. The van der Waals surface area contributed by atoms with Gasteiger partial charge < -0.3 is 25.4 Å². The van der Waals surface area contributed by atoms with Gasteiger partial charge in [0.15, 0.2) is 0 Å². The fraction of sp³-hybridized carbons (Fsp3) is 0.556. The number of carbonyl (C=O) groups excluding carboxylic acids is 2. The van der Waals surface area contributed by atoms with Crippen LogP contribution in [0, 0.1) is 0 Å². The van der Waals surface area contributed by atoms with Gasteiger partial charge in [0, 0.05) is 30.6 Å². The Labute approximate surface area is 148 Å². The van der Waals surface area contributed by atoms with E-state index < -0.39 is 5.60 Å². The molecule has 7 heteroatoms. The van der Waals surface area contributed by atoms with Crippen LogP contribution in [0.3, 0.4) is 0 Å². The van der Waals surface area contributed by atoms with Crippen molar-refractivity contribution in [3.63, 3.8) is 0 Å². The normalized spacial score (nSPS) is 19.5. The highest BCUT2D eigenvalue weighted by molar-refractivity contribution is 5.91. The summed E-state index contributed by atoms with van der Waals surface area (Å²) in [5.74, 6) is -0.182. The zero-order chi connectivity index (χ0) is 18.4. The van der Waals surface area contributed by atoms with E-state index in [4.69, 9.17) is 9.47 Å². The maximum atomic E-state index is 11.7. The van der Waals surface area contributed by atoms with E-state index in [0.717, 1.165) is 24.2 Å². The van der Waals surface area contributed by atoms with Gasteiger partial charge >= 0.3 is 6.09 Å². The van der Waals surface area contributed by atoms with Gasteiger partial charge in [0.2, 0.25) is 5.91 Å². The molecular weight excluding hydrogens is 322 g/mol. The Morgan fingerprint density at radius 1 is 1.08 bits per heavy atom. The molecule has 0 heterocycles. The second-order valence-electron chi connectivity index (χ2n) is 7.21. The lowest BCUT2D eigenvalue weighted by Gasteiger charge is -2.37. The first-order valence-electron chi connectivity index (χ1n) is 8.40. The van der Waals surface area contributed by atoms with E-state index >= 15 is 0 Å². The van der Waals surface area contributed by atoms with E-state index in [1.54, 1.807) is 0 Å². The number of amides is 2. The molecule has 7 nitrogen and oxygen atoms in total. The Kier molecular flexibility index (Phi) is 6.25. The minimum absolute atomic E-state index is 0.0358. The molecule has 2 amide bonds. The zero-order valence-electron chi connectivity index (χ0n) is 15.2. The third kappa shape index (κ3) is 6.62. The highest BCUT2D eigenvalue weighted by Gasteiger charge is 2.31. The largest absolute Gasteiger partial charge is 0.444 e. The number of nitrogens with one attached hydrogen (secondary N) is 3. The summed E-state index contributed by atoms with van der Waals surface area (Å²) in [6.07, 6.45) is 1.34. The molecule has 0 radical (unpaired) electrons. The van der Waals surface area contributed by atoms with Crippen LogP contribution in [-0.4, -0.2) is 43.4 Å². The molecule has 25 heavy (non-hydrogen) atoms. The van der Waals surface area contributed by atoms with Crippen molar-refractivity contribution >= 4 is 23.4 Å². The van der Waals surface area contributed by atoms with E-state index in [1.807, 2.05) is 45.0 Å². The zero-order valence-corrected chi connectivity index (χ0v) is 15.2. The number of hydrogen-bond acceptors (Lipinski definition) is 5. The van der Waals surface area contributed by atoms with Crippen LogP contribution >= 0.6 is 0 Å². The predicted molar refractivity (Wildman–Crippen MR) is 96.8 cm³/mol. The van der Waals surface area contributed by atoms with Crippen LogP contribution < -0.4 is 16.0 Å². The predicted octanol–water partition coefficient (Wildman–Crippen LogP) is 2.74. The summed E-state index contributed by atoms with van der Waals surface area (Å²) in [7, 11) is 1.48. The van der Waals surface area contributed by atoms with E-state index in [0.29, 0.717) is 6.04 Å². The summed E-state index contributed by atoms with van der Waals surface area (Å²) in [5.41, 5.74) is 1.22. The van der Waals surface area contributed by atoms with E-state index in [2.05, 4.69) is 16.0 Å². The summed E-state index contributed by atoms with van der Waals surface area (Å²) in [6, 6.07) is 7.96. The second-order valence-corrected chi connectivity index (χ2v) is 7.21. The van der Waals surface area contributed by atoms with Gasteiger partial charge in [0.05, 0.1) is 0 Å². The summed E-state index contributed by atoms with van der Waals surface area (Å²) < 4.78 is 10.0. The Balaban J connectivity index is 1.70. The van der Waals surface area contributed by atoms with Crippen LogP contribution in [0.4, 0.5) is 16.2 Å². The van der Waals surface area contributed by atoms with Gasteiger partial charge in [-0.05, 0) is 57.9 Å². The van der Waals surface area contributed by atoms with Crippen LogP contribution in [0.5, 0.6) is 0 Å². The van der Waals surface area contributed by atoms with Crippen molar-refractivity contribution in [2.75, 3.05) is 24.4 Å². The Morgan fingerprint density at radius 3 is 2.24 bits per heavy atom. The van der Waals surface area contributed by atoms with E-state index in [-0.39, 0.29) is 24.6 Å². The molecule has 138 valence electrons. The average Bonchev–Trinajstić information content (AvgIpc) is 2.45. The van der Waals surface area contributed by atoms with Gasteiger partial charge in [-0.2, -0.15) is 0 Å². The molecule has 0 aromatic heterocycles. The Morgan fingerprint density at radius 2 is 1.68 bits per heavy atom. The molecule has 0 spiro atoms. The standard InChI is InChI=1S/C18H27N3O4/c1-18(2,3)25-17(23)21-15-9-14(10-15)19-12-5-7-13(8-6-12)20-16(22)11-24-4/h5-8,14-15,19H,9-11H2,1-4H3,(H,20,22)(H,21,23). The number of benzene rings is 1. The van der Waals surface area contributed by atoms with Crippen molar-refractivity contribution in [1.29, 1.82) is 0 Å². The van der Waals surface area contributed by atoms with Crippen molar-refractivity contribution in [2.45, 2.75) is 51.3 Å². The van der Waals surface area contributed by atoms with Gasteiger partial charge in [-0.3, -0.25) is 4.79 Å². The second kappa shape index (κ2) is 8.20. The molecule has 3 N–H and O–H groups in total. The van der Waals surface area contributed by atoms with Crippen molar-refractivity contribution in [1.82, 2.24) is 5.32 Å². The van der Waals surface area contributed by atoms with Gasteiger partial charge in [0.1, 0.15) is 12.2 Å². The maximum Gasteiger partial charge on any atom is 0.407 e. The number of rotatable bonds is 6. The minimum Gasteiger partial charge on any atom is -0.444 e. The molecule has 1 aromatic rings. The lowest BCUT2D eigenvalue weighted by atomic mass is 9.86. The van der Waals surface area contributed by atoms with Crippen LogP contribution in [0.2, 0.25) is 0 Å². The summed E-state index contributed by atoms with van der Waals surface area (Å²) in [4.78, 5) is 23.1. The first-order chi connectivity index (χ1) is 11.7. The average molecular weight is 349 g/mol. The maximum absolute atomic E-state index is 11.7. The monoisotopic (exact) mass is 349 g/mol. The van der Waals surface area contributed by atoms with Crippen molar-refractivity contribution in [2.24, 2.45) is 0 Å². The summed E-state index contributed by atoms with van der Waals surface area (Å²) >= 11 is 0. The molecule has 0 unspecified atom stereocenters. The van der Waals surface area contributed by atoms with Gasteiger partial charge in [0.25, 0.3) is 0 Å². The third-order valence-corrected chi connectivity index (χ3v) is 3.67. The number of ether oxygens (including phenoxy) is 2. The van der Waals surface area contributed by atoms with Gasteiger partial charge in [-0.15, -0.1) is 0 Å². The fourth-order valence-electron chi connectivity index (χ4n) is 2.54. The van der Waals surface area contributed by atoms with Crippen LogP contribution in [0.15, 0.2) is 24.3 Å². The van der Waals surface area contributed by atoms with Crippen molar-refractivity contribution < 1.29 is 19.1 Å². The quantitative estimate of drug-likeness (QED) is 0.735. The van der Waals surface area contributed by atoms with Crippen molar-refractivity contribution in [3.8, 4) is 0 Å². The molecule has 1 aliphatic rings. The first-order valence-corrected chi connectivity index (χ1v) is 8.40. The third-order valence-electron chi connectivity index (χ3n) is 3.67. The van der Waals surface area contributed by atoms with Crippen LogP contribution in [0.1, 0.15) is 33.6 Å². The Bertz CT molecular complexity index is 589. The molecule has 1 fully saturated rings. The highest BCUT2D eigenvalue weighted by Crippen LogP contribution is 2.25. The van der Waals surface area contributed by atoms with E-state index in [1.165, 1.54) is 7.11 Å². The molecule has 1 saturated carbocycles. The number of carbonyl (C=O) groups is 2. The van der Waals surface area contributed by atoms with Crippen molar-refractivity contribution in [3.05, 3.63) is 24.3 Å². The van der Waals surface area contributed by atoms with Gasteiger partial charge in [-0.1, -0.05) is 0 Å². The molecule has 1 aromatic carbocycles. The highest BCUT2D eigenvalue weighted by atomic mass is 16.6. The molecule has 2 rings (SSSR count). The lowest BCUT2D eigenvalue weighted by Crippen LogP contribution is -2.50. The fourth-order valence-corrected chi connectivity index (χ4v) is 2.54. The molecule has 0 saturated heterocycles. The molecule has 0 atom stereocenters. The molecule has 1 aliphatic carbocycles. The molecular formula is C18H27N3O4. The Hall–Kier alpha value is -2.28. The van der Waals surface area contributed by atoms with E-state index in [9.17, 15) is 9.59 Å². The van der Waals surface area contributed by atoms with Crippen LogP contribution in [-0.2, 0) is 14.3 Å². The van der Waals surface area contributed by atoms with Crippen LogP contribution in [0.25, 0.3) is 0 Å². The molecule has 0 aliphatic heterocycles. The summed E-state index contributed by atoms with van der Waals surface area (Å²) in [5, 5.41) is 9.02. The smallest absolute Gasteiger partial charge is 0.407 e. The number of methoxy groups -OCH3 is 1. The first kappa shape index (κ1) is 19.1. The number of anilines is 2. The topological polar surface area (TPSA) is 88.7 Å². The SMILES string of the molecule is COCC(=O)Nc1ccc(NC2CC(NC(=O)OC(C)(C)C)C2)cc1. The lowest BCUT2D eigenvalue weighted by molar-refractivity contribution is -0.119.